The monoisotopic (exact) mass is 622 g/mol. The van der Waals surface area contributed by atoms with Crippen LogP contribution in [-0.4, -0.2) is 21.0 Å². The van der Waals surface area contributed by atoms with Gasteiger partial charge in [-0.2, -0.15) is 4.39 Å². The highest BCUT2D eigenvalue weighted by Crippen LogP contribution is 2.65. The number of Topliss-reactive ketones (excluding diaryl/α,β-unsaturated/α-hetero) is 1. The number of carbonyl (C=O) groups excluding carboxylic acids is 2. The van der Waals surface area contributed by atoms with Gasteiger partial charge < -0.3 is 5.32 Å². The second-order valence-electron chi connectivity index (χ2n) is 7.69. The molecule has 1 saturated carbocycles. The molecule has 1 aliphatic rings. The molecule has 1 amide bonds. The van der Waals surface area contributed by atoms with E-state index in [1.165, 1.54) is 24.3 Å². The van der Waals surface area contributed by atoms with Gasteiger partial charge >= 0.3 is 0 Å². The lowest BCUT2D eigenvalue weighted by Gasteiger charge is -2.09. The van der Waals surface area contributed by atoms with Crippen LogP contribution >= 0.6 is 73.9 Å². The van der Waals surface area contributed by atoms with Gasteiger partial charge in [-0.25, -0.2) is 4.98 Å². The minimum Gasteiger partial charge on any atom is -0.326 e. The molecule has 2 atom stereocenters. The largest absolute Gasteiger partial charge is 0.326 e. The van der Waals surface area contributed by atoms with E-state index in [4.69, 9.17) is 58.0 Å². The predicted octanol–water partition coefficient (Wildman–Crippen LogP) is 7.89. The summed E-state index contributed by atoms with van der Waals surface area (Å²) in [4.78, 5) is 29.5. The van der Waals surface area contributed by atoms with Crippen LogP contribution in [0.5, 0.6) is 0 Å². The highest BCUT2D eigenvalue weighted by molar-refractivity contribution is 9.10. The summed E-state index contributed by atoms with van der Waals surface area (Å²) < 4.78 is 12.5. The van der Waals surface area contributed by atoms with Gasteiger partial charge in [0.05, 0.1) is 27.5 Å². The van der Waals surface area contributed by atoms with Crippen molar-refractivity contribution >= 4 is 91.3 Å². The number of hydrogen-bond donors (Lipinski definition) is 1. The number of pyridine rings is 1. The lowest BCUT2D eigenvalue weighted by atomic mass is 10.0. The zero-order valence-corrected chi connectivity index (χ0v) is 22.3. The molecule has 1 aromatic heterocycles. The molecule has 2 unspecified atom stereocenters. The summed E-state index contributed by atoms with van der Waals surface area (Å²) in [5.41, 5.74) is 1.36. The molecule has 1 fully saturated rings. The Morgan fingerprint density at radius 1 is 1.03 bits per heavy atom. The first-order valence-electron chi connectivity index (χ1n) is 9.75. The van der Waals surface area contributed by atoms with Gasteiger partial charge in [-0.3, -0.25) is 9.59 Å². The first-order valence-corrected chi connectivity index (χ1v) is 12.4. The van der Waals surface area contributed by atoms with Crippen molar-refractivity contribution in [1.82, 2.24) is 4.98 Å². The molecule has 0 bridgehead atoms. The molecule has 1 heterocycles. The number of halogens is 7. The maximum Gasteiger partial charge on any atom is 0.231 e. The van der Waals surface area contributed by atoms with Crippen LogP contribution in [-0.2, 0) is 11.2 Å². The van der Waals surface area contributed by atoms with Crippen LogP contribution in [0.1, 0.15) is 27.5 Å². The summed E-state index contributed by atoms with van der Waals surface area (Å²) in [6.07, 6.45) is -0.173. The van der Waals surface area contributed by atoms with E-state index in [0.29, 0.717) is 21.3 Å². The number of nitrogens with one attached hydrogen (secondary N) is 1. The predicted molar refractivity (Wildman–Crippen MR) is 137 cm³/mol. The molecule has 176 valence electrons. The average molecular weight is 626 g/mol. The number of carbonyl (C=O) groups is 2. The Morgan fingerprint density at radius 2 is 1.71 bits per heavy atom. The minimum absolute atomic E-state index is 0.154. The third kappa shape index (κ3) is 5.38. The van der Waals surface area contributed by atoms with Gasteiger partial charge in [0.15, 0.2) is 5.78 Å². The number of hydrogen-bond acceptors (Lipinski definition) is 3. The lowest BCUT2D eigenvalue weighted by molar-refractivity contribution is -0.117. The first-order chi connectivity index (χ1) is 16.0. The van der Waals surface area contributed by atoms with Crippen molar-refractivity contribution in [3.63, 3.8) is 0 Å². The zero-order valence-electron chi connectivity index (χ0n) is 16.9. The molecule has 0 spiro atoms. The van der Waals surface area contributed by atoms with Crippen molar-refractivity contribution in [1.29, 1.82) is 0 Å². The van der Waals surface area contributed by atoms with E-state index in [1.807, 2.05) is 0 Å². The fraction of sp³-hybridized carbons (Fsp3) is 0.174. The van der Waals surface area contributed by atoms with E-state index in [0.717, 1.165) is 0 Å². The molecule has 0 aliphatic heterocycles. The van der Waals surface area contributed by atoms with Crippen LogP contribution in [0.4, 0.5) is 10.1 Å². The normalized spacial score (nSPS) is 18.4. The summed E-state index contributed by atoms with van der Waals surface area (Å²) in [5, 5.41) is 3.71. The van der Waals surface area contributed by atoms with Gasteiger partial charge in [-0.05, 0) is 70.0 Å². The number of benzene rings is 2. The summed E-state index contributed by atoms with van der Waals surface area (Å²) in [6.45, 7) is 0. The molecular formula is C23H13BrCl5FN2O2. The topological polar surface area (TPSA) is 59.1 Å². The maximum absolute atomic E-state index is 13.7. The van der Waals surface area contributed by atoms with Crippen molar-refractivity contribution in [3.05, 3.63) is 90.8 Å². The van der Waals surface area contributed by atoms with Crippen LogP contribution in [0, 0.1) is 11.9 Å². The van der Waals surface area contributed by atoms with E-state index in [9.17, 15) is 14.0 Å². The van der Waals surface area contributed by atoms with Crippen LogP contribution in [0.25, 0.3) is 0 Å². The molecule has 3 aromatic rings. The van der Waals surface area contributed by atoms with Gasteiger partial charge in [0.25, 0.3) is 0 Å². The van der Waals surface area contributed by atoms with E-state index < -0.39 is 33.8 Å². The number of amides is 1. The molecule has 0 radical (unpaired) electrons. The first kappa shape index (κ1) is 25.7. The van der Waals surface area contributed by atoms with Crippen molar-refractivity contribution in [3.8, 4) is 0 Å². The SMILES string of the molecule is O=C(Cc1ccc(Br)c(F)n1)c1cc(NC(=O)C2C(c3cc(Cl)cc(Cl)c3)C2(Cl)Cl)ccc1Cl. The van der Waals surface area contributed by atoms with E-state index in [2.05, 4.69) is 26.2 Å². The van der Waals surface area contributed by atoms with Gasteiger partial charge in [-0.15, -0.1) is 23.2 Å². The number of ketones is 1. The van der Waals surface area contributed by atoms with Crippen LogP contribution in [0.2, 0.25) is 15.1 Å². The van der Waals surface area contributed by atoms with Gasteiger partial charge in [0.2, 0.25) is 11.9 Å². The van der Waals surface area contributed by atoms with Crippen molar-refractivity contribution < 1.29 is 14.0 Å². The minimum atomic E-state index is -1.35. The maximum atomic E-state index is 13.7. The molecule has 4 nitrogen and oxygen atoms in total. The van der Waals surface area contributed by atoms with Crippen LogP contribution < -0.4 is 5.32 Å². The Morgan fingerprint density at radius 3 is 2.35 bits per heavy atom. The Hall–Kier alpha value is -1.41. The number of alkyl halides is 2. The van der Waals surface area contributed by atoms with Crippen molar-refractivity contribution in [2.24, 2.45) is 5.92 Å². The second-order valence-corrected chi connectivity index (χ2v) is 11.3. The van der Waals surface area contributed by atoms with Crippen LogP contribution in [0.3, 0.4) is 0 Å². The van der Waals surface area contributed by atoms with Crippen molar-refractivity contribution in [2.45, 2.75) is 16.7 Å². The smallest absolute Gasteiger partial charge is 0.231 e. The summed E-state index contributed by atoms with van der Waals surface area (Å²) in [7, 11) is 0. The Labute approximate surface area is 227 Å². The van der Waals surface area contributed by atoms with Gasteiger partial charge in [0.1, 0.15) is 4.33 Å². The number of nitrogens with zero attached hydrogens (tertiary/aromatic N) is 1. The molecule has 1 N–H and O–H groups in total. The third-order valence-electron chi connectivity index (χ3n) is 5.32. The lowest BCUT2D eigenvalue weighted by Crippen LogP contribution is -2.17. The zero-order chi connectivity index (χ0) is 24.8. The molecule has 34 heavy (non-hydrogen) atoms. The number of anilines is 1. The standard InChI is InChI=1S/C23H13BrCl5FN2O2/c24-16-3-1-14(31-21(16)30)9-18(33)15-8-13(2-4-17(15)27)32-22(34)20-19(23(20,28)29)10-5-11(25)7-12(26)6-10/h1-8,19-20H,9H2,(H,32,34). The van der Waals surface area contributed by atoms with Gasteiger partial charge in [-0.1, -0.05) is 34.8 Å². The van der Waals surface area contributed by atoms with E-state index in [-0.39, 0.29) is 27.2 Å². The van der Waals surface area contributed by atoms with Gasteiger partial charge in [0, 0.05) is 27.2 Å². The molecule has 1 aliphatic carbocycles. The Bertz CT molecular complexity index is 1300. The Balaban J connectivity index is 1.51. The van der Waals surface area contributed by atoms with E-state index >= 15 is 0 Å². The third-order valence-corrected chi connectivity index (χ3v) is 7.61. The summed E-state index contributed by atoms with van der Waals surface area (Å²) in [6, 6.07) is 12.3. The van der Waals surface area contributed by atoms with E-state index in [1.54, 1.807) is 24.3 Å². The summed E-state index contributed by atoms with van der Waals surface area (Å²) in [5.74, 6) is -2.84. The molecule has 2 aromatic carbocycles. The fourth-order valence-electron chi connectivity index (χ4n) is 3.67. The van der Waals surface area contributed by atoms with Crippen LogP contribution in [0.15, 0.2) is 53.0 Å². The molecule has 0 saturated heterocycles. The molecule has 11 heteroatoms. The number of rotatable bonds is 6. The quantitative estimate of drug-likeness (QED) is 0.172. The summed E-state index contributed by atoms with van der Waals surface area (Å²) >= 11 is 34.1. The van der Waals surface area contributed by atoms with Crippen molar-refractivity contribution in [2.75, 3.05) is 5.32 Å². The average Bonchev–Trinajstić information content (AvgIpc) is 3.33. The number of aromatic nitrogens is 1. The molecular weight excluding hydrogens is 612 g/mol. The highest BCUT2D eigenvalue weighted by Gasteiger charge is 2.67. The Kier molecular flexibility index (Phi) is 7.49. The second kappa shape index (κ2) is 9.92. The highest BCUT2D eigenvalue weighted by atomic mass is 79.9. The fourth-order valence-corrected chi connectivity index (χ4v) is 5.49. The molecule has 4 rings (SSSR count).